The van der Waals surface area contributed by atoms with Gasteiger partial charge in [0.1, 0.15) is 5.75 Å². The average molecular weight is 396 g/mol. The van der Waals surface area contributed by atoms with E-state index in [4.69, 9.17) is 4.74 Å². The van der Waals surface area contributed by atoms with Gasteiger partial charge in [0.05, 0.1) is 20.2 Å². The Morgan fingerprint density at radius 1 is 1.17 bits per heavy atom. The van der Waals surface area contributed by atoms with Crippen LogP contribution in [0.15, 0.2) is 54.6 Å². The Morgan fingerprint density at radius 3 is 2.62 bits per heavy atom. The Labute approximate surface area is 172 Å². The third kappa shape index (κ3) is 5.57. The second-order valence-electron chi connectivity index (χ2n) is 7.68. The van der Waals surface area contributed by atoms with Gasteiger partial charge in [-0.05, 0) is 38.0 Å². The predicted molar refractivity (Wildman–Crippen MR) is 114 cm³/mol. The minimum atomic E-state index is -0.0549. The molecule has 1 atom stereocenters. The van der Waals surface area contributed by atoms with Gasteiger partial charge in [-0.15, -0.1) is 0 Å². The minimum Gasteiger partial charge on any atom is -0.497 e. The number of rotatable bonds is 7. The van der Waals surface area contributed by atoms with Gasteiger partial charge in [-0.1, -0.05) is 36.4 Å². The van der Waals surface area contributed by atoms with Gasteiger partial charge in [-0.25, -0.2) is 0 Å². The molecule has 0 aromatic heterocycles. The van der Waals surface area contributed by atoms with E-state index in [2.05, 4.69) is 17.4 Å². The molecule has 1 fully saturated rings. The van der Waals surface area contributed by atoms with E-state index in [0.29, 0.717) is 12.3 Å². The zero-order valence-corrected chi connectivity index (χ0v) is 17.3. The molecule has 2 amide bonds. The van der Waals surface area contributed by atoms with E-state index in [1.807, 2.05) is 61.2 Å². The van der Waals surface area contributed by atoms with Crippen molar-refractivity contribution >= 4 is 17.5 Å². The molecule has 29 heavy (non-hydrogen) atoms. The SMILES string of the molecule is COc1cccc(N2C[C@@H](Cc3ccccc3)N(CC(=O)NC(C)C)CC2=O)c1. The molecule has 0 bridgehead atoms. The van der Waals surface area contributed by atoms with Crippen LogP contribution in [-0.4, -0.2) is 55.5 Å². The molecule has 6 heteroatoms. The summed E-state index contributed by atoms with van der Waals surface area (Å²) in [7, 11) is 1.62. The molecule has 2 aromatic rings. The molecule has 1 aliphatic heterocycles. The fourth-order valence-corrected chi connectivity index (χ4v) is 3.66. The van der Waals surface area contributed by atoms with Crippen LogP contribution in [-0.2, 0) is 16.0 Å². The smallest absolute Gasteiger partial charge is 0.241 e. The lowest BCUT2D eigenvalue weighted by atomic mass is 10.0. The Kier molecular flexibility index (Phi) is 6.88. The van der Waals surface area contributed by atoms with Crippen molar-refractivity contribution in [2.24, 2.45) is 0 Å². The number of benzene rings is 2. The summed E-state index contributed by atoms with van der Waals surface area (Å²) in [6.07, 6.45) is 0.767. The number of hydrogen-bond acceptors (Lipinski definition) is 4. The van der Waals surface area contributed by atoms with Crippen LogP contribution in [0.4, 0.5) is 5.69 Å². The predicted octanol–water partition coefficient (Wildman–Crippen LogP) is 2.48. The van der Waals surface area contributed by atoms with E-state index in [1.54, 1.807) is 12.0 Å². The first-order chi connectivity index (χ1) is 14.0. The highest BCUT2D eigenvalue weighted by Crippen LogP contribution is 2.25. The molecule has 1 N–H and O–H groups in total. The third-order valence-electron chi connectivity index (χ3n) is 5.02. The number of nitrogens with one attached hydrogen (secondary N) is 1. The van der Waals surface area contributed by atoms with Gasteiger partial charge >= 0.3 is 0 Å². The maximum absolute atomic E-state index is 12.9. The molecule has 1 heterocycles. The second-order valence-corrected chi connectivity index (χ2v) is 7.68. The first-order valence-corrected chi connectivity index (χ1v) is 9.98. The van der Waals surface area contributed by atoms with E-state index in [9.17, 15) is 9.59 Å². The number of carbonyl (C=O) groups excluding carboxylic acids is 2. The molecule has 1 aliphatic rings. The Bertz CT molecular complexity index is 838. The van der Waals surface area contributed by atoms with Crippen LogP contribution in [0, 0.1) is 0 Å². The molecule has 0 spiro atoms. The van der Waals surface area contributed by atoms with Crippen LogP contribution in [0.2, 0.25) is 0 Å². The number of piperazine rings is 1. The van der Waals surface area contributed by atoms with Crippen molar-refractivity contribution in [2.45, 2.75) is 32.4 Å². The number of carbonyl (C=O) groups is 2. The van der Waals surface area contributed by atoms with E-state index >= 15 is 0 Å². The summed E-state index contributed by atoms with van der Waals surface area (Å²) in [5, 5.41) is 2.93. The zero-order chi connectivity index (χ0) is 20.8. The van der Waals surface area contributed by atoms with Gasteiger partial charge in [-0.2, -0.15) is 0 Å². The fourth-order valence-electron chi connectivity index (χ4n) is 3.66. The molecule has 0 unspecified atom stereocenters. The van der Waals surface area contributed by atoms with E-state index in [-0.39, 0.29) is 37.0 Å². The Balaban J connectivity index is 1.82. The van der Waals surface area contributed by atoms with Crippen LogP contribution in [0.1, 0.15) is 19.4 Å². The van der Waals surface area contributed by atoms with Gasteiger partial charge in [0, 0.05) is 30.4 Å². The summed E-state index contributed by atoms with van der Waals surface area (Å²) in [6.45, 7) is 4.82. The van der Waals surface area contributed by atoms with Crippen LogP contribution in [0.5, 0.6) is 5.75 Å². The van der Waals surface area contributed by atoms with E-state index < -0.39 is 0 Å². The molecular weight excluding hydrogens is 366 g/mol. The van der Waals surface area contributed by atoms with Crippen LogP contribution in [0.25, 0.3) is 0 Å². The standard InChI is InChI=1S/C23H29N3O3/c1-17(2)24-22(27)15-25-16-23(28)26(19-10-7-11-21(13-19)29-3)14-20(25)12-18-8-5-4-6-9-18/h4-11,13,17,20H,12,14-16H2,1-3H3,(H,24,27)/t20-/m1/s1. The van der Waals surface area contributed by atoms with Crippen LogP contribution in [0.3, 0.4) is 0 Å². The Hall–Kier alpha value is -2.86. The lowest BCUT2D eigenvalue weighted by molar-refractivity contribution is -0.127. The van der Waals surface area contributed by atoms with Crippen molar-refractivity contribution in [2.75, 3.05) is 31.6 Å². The monoisotopic (exact) mass is 395 g/mol. The molecule has 6 nitrogen and oxygen atoms in total. The number of methoxy groups -OCH3 is 1. The fraction of sp³-hybridized carbons (Fsp3) is 0.391. The van der Waals surface area contributed by atoms with Crippen LogP contribution >= 0.6 is 0 Å². The van der Waals surface area contributed by atoms with Gasteiger partial charge in [0.2, 0.25) is 11.8 Å². The lowest BCUT2D eigenvalue weighted by Gasteiger charge is -2.41. The highest BCUT2D eigenvalue weighted by molar-refractivity contribution is 5.96. The molecule has 1 saturated heterocycles. The summed E-state index contributed by atoms with van der Waals surface area (Å²) < 4.78 is 5.31. The maximum atomic E-state index is 12.9. The first kappa shape index (κ1) is 20.9. The molecule has 154 valence electrons. The molecular formula is C23H29N3O3. The Morgan fingerprint density at radius 2 is 1.93 bits per heavy atom. The van der Waals surface area contributed by atoms with Crippen molar-refractivity contribution in [1.82, 2.24) is 10.2 Å². The summed E-state index contributed by atoms with van der Waals surface area (Å²) in [5.41, 5.74) is 2.01. The van der Waals surface area contributed by atoms with Crippen molar-refractivity contribution in [3.63, 3.8) is 0 Å². The average Bonchev–Trinajstić information content (AvgIpc) is 2.70. The number of amides is 2. The van der Waals surface area contributed by atoms with Gasteiger partial charge in [0.25, 0.3) is 0 Å². The summed E-state index contributed by atoms with van der Waals surface area (Å²) in [4.78, 5) is 29.1. The van der Waals surface area contributed by atoms with Crippen molar-refractivity contribution in [1.29, 1.82) is 0 Å². The van der Waals surface area contributed by atoms with Gasteiger partial charge < -0.3 is 15.0 Å². The normalized spacial score (nSPS) is 17.4. The highest BCUT2D eigenvalue weighted by Gasteiger charge is 2.34. The second kappa shape index (κ2) is 9.56. The zero-order valence-electron chi connectivity index (χ0n) is 17.3. The number of ether oxygens (including phenoxy) is 1. The van der Waals surface area contributed by atoms with E-state index in [0.717, 1.165) is 12.1 Å². The van der Waals surface area contributed by atoms with Gasteiger partial charge in [-0.3, -0.25) is 14.5 Å². The maximum Gasteiger partial charge on any atom is 0.241 e. The lowest BCUT2D eigenvalue weighted by Crippen LogP contribution is -2.59. The molecule has 0 saturated carbocycles. The van der Waals surface area contributed by atoms with E-state index in [1.165, 1.54) is 5.56 Å². The number of anilines is 1. The summed E-state index contributed by atoms with van der Waals surface area (Å²) in [5.74, 6) is 0.647. The third-order valence-corrected chi connectivity index (χ3v) is 5.02. The quantitative estimate of drug-likeness (QED) is 0.782. The molecule has 0 radical (unpaired) electrons. The topological polar surface area (TPSA) is 61.9 Å². The minimum absolute atomic E-state index is 0.0140. The van der Waals surface area contributed by atoms with Crippen molar-refractivity contribution in [3.8, 4) is 5.75 Å². The highest BCUT2D eigenvalue weighted by atomic mass is 16.5. The summed E-state index contributed by atoms with van der Waals surface area (Å²) in [6, 6.07) is 17.8. The molecule has 2 aromatic carbocycles. The van der Waals surface area contributed by atoms with Crippen LogP contribution < -0.4 is 15.0 Å². The number of nitrogens with zero attached hydrogens (tertiary/aromatic N) is 2. The molecule has 3 rings (SSSR count). The number of hydrogen-bond donors (Lipinski definition) is 1. The van der Waals surface area contributed by atoms with Crippen molar-refractivity contribution < 1.29 is 14.3 Å². The molecule has 0 aliphatic carbocycles. The van der Waals surface area contributed by atoms with Gasteiger partial charge in [0.15, 0.2) is 0 Å². The van der Waals surface area contributed by atoms with Crippen molar-refractivity contribution in [3.05, 3.63) is 60.2 Å². The first-order valence-electron chi connectivity index (χ1n) is 9.98. The largest absolute Gasteiger partial charge is 0.497 e. The summed E-state index contributed by atoms with van der Waals surface area (Å²) >= 11 is 0.